The van der Waals surface area contributed by atoms with Crippen molar-refractivity contribution < 1.29 is 14.3 Å². The monoisotopic (exact) mass is 464 g/mol. The van der Waals surface area contributed by atoms with E-state index in [2.05, 4.69) is 20.9 Å². The molecule has 7 nitrogen and oxygen atoms in total. The number of carbonyl (C=O) groups excluding carboxylic acids is 2. The number of aromatic nitrogens is 1. The molecule has 1 aliphatic rings. The van der Waals surface area contributed by atoms with Crippen LogP contribution in [0.4, 0.5) is 5.13 Å². The molecule has 0 spiro atoms. The summed E-state index contributed by atoms with van der Waals surface area (Å²) in [5.74, 6) is 0.363. The van der Waals surface area contributed by atoms with Crippen LogP contribution in [0.15, 0.2) is 42.5 Å². The predicted octanol–water partition coefficient (Wildman–Crippen LogP) is 3.72. The molecule has 33 heavy (non-hydrogen) atoms. The SMILES string of the molecule is CN[C@H]1CCc2nc(NC(=O)c3cccc(CNC(=O)c4ccc(OC)c(C)c4)c3)sc2C1. The van der Waals surface area contributed by atoms with Crippen LogP contribution in [0.2, 0.25) is 0 Å². The van der Waals surface area contributed by atoms with Crippen molar-refractivity contribution in [3.63, 3.8) is 0 Å². The fourth-order valence-electron chi connectivity index (χ4n) is 3.97. The molecule has 0 unspecified atom stereocenters. The van der Waals surface area contributed by atoms with Crippen LogP contribution < -0.4 is 20.7 Å². The Morgan fingerprint density at radius 3 is 2.73 bits per heavy atom. The van der Waals surface area contributed by atoms with E-state index in [1.165, 1.54) is 4.88 Å². The Kier molecular flexibility index (Phi) is 7.05. The number of thiazole rings is 1. The minimum absolute atomic E-state index is 0.177. The first-order valence-electron chi connectivity index (χ1n) is 11.0. The summed E-state index contributed by atoms with van der Waals surface area (Å²) in [5.41, 5.74) is 3.93. The average molecular weight is 465 g/mol. The molecule has 172 valence electrons. The van der Waals surface area contributed by atoms with Gasteiger partial charge in [0.05, 0.1) is 12.8 Å². The molecular weight excluding hydrogens is 436 g/mol. The number of amides is 2. The second-order valence-electron chi connectivity index (χ2n) is 8.14. The average Bonchev–Trinajstić information content (AvgIpc) is 3.23. The fourth-order valence-corrected chi connectivity index (χ4v) is 5.05. The Labute approximate surface area is 197 Å². The van der Waals surface area contributed by atoms with Gasteiger partial charge >= 0.3 is 0 Å². The standard InChI is InChI=1S/C25H28N4O3S/c1-15-11-18(7-10-21(15)32-3)23(30)27-14-16-5-4-6-17(12-16)24(31)29-25-28-20-9-8-19(26-2)13-22(20)33-25/h4-7,10-12,19,26H,8-9,13-14H2,1-3H3,(H,27,30)(H,28,29,31)/t19-/m0/s1. The molecule has 0 fully saturated rings. The Morgan fingerprint density at radius 2 is 1.97 bits per heavy atom. The zero-order valence-electron chi connectivity index (χ0n) is 19.0. The van der Waals surface area contributed by atoms with Crippen LogP contribution in [0, 0.1) is 6.92 Å². The minimum Gasteiger partial charge on any atom is -0.496 e. The van der Waals surface area contributed by atoms with Crippen LogP contribution >= 0.6 is 11.3 Å². The quantitative estimate of drug-likeness (QED) is 0.496. The lowest BCUT2D eigenvalue weighted by Gasteiger charge is -2.19. The summed E-state index contributed by atoms with van der Waals surface area (Å²) in [5, 5.41) is 9.80. The van der Waals surface area contributed by atoms with Gasteiger partial charge in [0.1, 0.15) is 5.75 Å². The molecule has 2 amide bonds. The number of nitrogens with one attached hydrogen (secondary N) is 3. The first-order chi connectivity index (χ1) is 16.0. The summed E-state index contributed by atoms with van der Waals surface area (Å²) < 4.78 is 5.24. The number of hydrogen-bond donors (Lipinski definition) is 3. The summed E-state index contributed by atoms with van der Waals surface area (Å²) in [6, 6.07) is 13.0. The molecule has 2 aromatic carbocycles. The molecule has 1 heterocycles. The van der Waals surface area contributed by atoms with Gasteiger partial charge in [-0.2, -0.15) is 0 Å². The van der Waals surface area contributed by atoms with E-state index in [1.807, 2.05) is 26.1 Å². The highest BCUT2D eigenvalue weighted by atomic mass is 32.1. The molecule has 0 radical (unpaired) electrons. The third-order valence-corrected chi connectivity index (χ3v) is 6.90. The largest absolute Gasteiger partial charge is 0.496 e. The molecule has 8 heteroatoms. The molecule has 4 rings (SSSR count). The van der Waals surface area contributed by atoms with E-state index in [4.69, 9.17) is 4.74 Å². The molecule has 0 saturated heterocycles. The van der Waals surface area contributed by atoms with Crippen LogP contribution in [0.3, 0.4) is 0 Å². The molecule has 1 aromatic heterocycles. The van der Waals surface area contributed by atoms with E-state index < -0.39 is 0 Å². The van der Waals surface area contributed by atoms with Gasteiger partial charge in [0, 0.05) is 28.6 Å². The fraction of sp³-hybridized carbons (Fsp3) is 0.320. The van der Waals surface area contributed by atoms with Crippen molar-refractivity contribution >= 4 is 28.3 Å². The van der Waals surface area contributed by atoms with Gasteiger partial charge in [-0.15, -0.1) is 11.3 Å². The van der Waals surface area contributed by atoms with Crippen LogP contribution in [0.5, 0.6) is 5.75 Å². The number of ether oxygens (including phenoxy) is 1. The van der Waals surface area contributed by atoms with Gasteiger partial charge in [0.15, 0.2) is 5.13 Å². The van der Waals surface area contributed by atoms with Gasteiger partial charge in [-0.1, -0.05) is 12.1 Å². The van der Waals surface area contributed by atoms with Crippen molar-refractivity contribution in [2.45, 2.75) is 38.8 Å². The third-order valence-electron chi connectivity index (χ3n) is 5.87. The van der Waals surface area contributed by atoms with E-state index in [1.54, 1.807) is 48.8 Å². The third kappa shape index (κ3) is 5.40. The number of benzene rings is 2. The zero-order chi connectivity index (χ0) is 23.4. The maximum Gasteiger partial charge on any atom is 0.257 e. The van der Waals surface area contributed by atoms with Gasteiger partial charge in [-0.25, -0.2) is 4.98 Å². The zero-order valence-corrected chi connectivity index (χ0v) is 19.8. The molecule has 3 aromatic rings. The summed E-state index contributed by atoms with van der Waals surface area (Å²) in [4.78, 5) is 31.2. The van der Waals surface area contributed by atoms with Gasteiger partial charge in [0.2, 0.25) is 0 Å². The molecule has 1 atom stereocenters. The van der Waals surface area contributed by atoms with E-state index >= 15 is 0 Å². The normalized spacial score (nSPS) is 14.9. The van der Waals surface area contributed by atoms with Crippen molar-refractivity contribution in [1.82, 2.24) is 15.6 Å². The second-order valence-corrected chi connectivity index (χ2v) is 9.22. The molecule has 1 aliphatic carbocycles. The van der Waals surface area contributed by atoms with E-state index in [0.717, 1.165) is 41.8 Å². The van der Waals surface area contributed by atoms with Gasteiger partial charge in [-0.05, 0) is 74.7 Å². The number of aryl methyl sites for hydroxylation is 2. The van der Waals surface area contributed by atoms with Crippen molar-refractivity contribution in [2.24, 2.45) is 0 Å². The van der Waals surface area contributed by atoms with Crippen molar-refractivity contribution in [3.8, 4) is 5.75 Å². The first kappa shape index (κ1) is 22.9. The number of rotatable bonds is 7. The number of likely N-dealkylation sites (N-methyl/N-ethyl adjacent to an activating group) is 1. The Balaban J connectivity index is 1.37. The summed E-state index contributed by atoms with van der Waals surface area (Å²) in [7, 11) is 3.58. The summed E-state index contributed by atoms with van der Waals surface area (Å²) in [6.45, 7) is 2.22. The van der Waals surface area contributed by atoms with Crippen LogP contribution in [0.25, 0.3) is 0 Å². The Hall–Kier alpha value is -3.23. The van der Waals surface area contributed by atoms with E-state index in [9.17, 15) is 9.59 Å². The van der Waals surface area contributed by atoms with E-state index in [-0.39, 0.29) is 11.8 Å². The maximum atomic E-state index is 12.8. The van der Waals surface area contributed by atoms with E-state index in [0.29, 0.717) is 28.8 Å². The highest BCUT2D eigenvalue weighted by Crippen LogP contribution is 2.30. The highest BCUT2D eigenvalue weighted by molar-refractivity contribution is 7.15. The number of fused-ring (bicyclic) bond motifs is 1. The topological polar surface area (TPSA) is 92.4 Å². The Morgan fingerprint density at radius 1 is 1.15 bits per heavy atom. The molecule has 0 aliphatic heterocycles. The van der Waals surface area contributed by atoms with Crippen molar-refractivity contribution in [3.05, 3.63) is 75.3 Å². The number of nitrogens with zero attached hydrogens (tertiary/aromatic N) is 1. The lowest BCUT2D eigenvalue weighted by molar-refractivity contribution is 0.0950. The second kappa shape index (κ2) is 10.1. The van der Waals surface area contributed by atoms with Gasteiger partial charge in [0.25, 0.3) is 11.8 Å². The molecule has 0 saturated carbocycles. The van der Waals surface area contributed by atoms with Crippen LogP contribution in [0.1, 0.15) is 48.8 Å². The highest BCUT2D eigenvalue weighted by Gasteiger charge is 2.22. The number of carbonyl (C=O) groups is 2. The summed E-state index contributed by atoms with van der Waals surface area (Å²) in [6.07, 6.45) is 2.93. The van der Waals surface area contributed by atoms with Gasteiger partial charge < -0.3 is 15.4 Å². The van der Waals surface area contributed by atoms with Crippen LogP contribution in [-0.2, 0) is 19.4 Å². The van der Waals surface area contributed by atoms with Crippen molar-refractivity contribution in [1.29, 1.82) is 0 Å². The Bertz CT molecular complexity index is 1170. The van der Waals surface area contributed by atoms with Crippen LogP contribution in [-0.4, -0.2) is 37.0 Å². The minimum atomic E-state index is -0.204. The maximum absolute atomic E-state index is 12.8. The predicted molar refractivity (Wildman–Crippen MR) is 130 cm³/mol. The number of anilines is 1. The lowest BCUT2D eigenvalue weighted by atomic mass is 9.98. The smallest absolute Gasteiger partial charge is 0.257 e. The molecule has 0 bridgehead atoms. The van der Waals surface area contributed by atoms with Crippen molar-refractivity contribution in [2.75, 3.05) is 19.5 Å². The molecular formula is C25H28N4O3S. The lowest BCUT2D eigenvalue weighted by Crippen LogP contribution is -2.30. The first-order valence-corrected chi connectivity index (χ1v) is 11.8. The number of methoxy groups -OCH3 is 1. The summed E-state index contributed by atoms with van der Waals surface area (Å²) >= 11 is 1.55. The number of hydrogen-bond acceptors (Lipinski definition) is 6. The molecule has 3 N–H and O–H groups in total. The van der Waals surface area contributed by atoms with Gasteiger partial charge in [-0.3, -0.25) is 14.9 Å².